The van der Waals surface area contributed by atoms with Gasteiger partial charge in [-0.2, -0.15) is 0 Å². The Morgan fingerprint density at radius 1 is 1.00 bits per heavy atom. The third kappa shape index (κ3) is 5.80. The van der Waals surface area contributed by atoms with Crippen molar-refractivity contribution in [3.63, 3.8) is 0 Å². The number of fused-ring (bicyclic) bond motifs is 2. The van der Waals surface area contributed by atoms with Crippen LogP contribution in [0.15, 0.2) is 17.2 Å². The highest BCUT2D eigenvalue weighted by Crippen LogP contribution is 2.39. The summed E-state index contributed by atoms with van der Waals surface area (Å²) in [6.07, 6.45) is 8.87. The van der Waals surface area contributed by atoms with Crippen LogP contribution in [-0.2, 0) is 19.3 Å². The lowest BCUT2D eigenvalue weighted by Crippen LogP contribution is -2.50. The molecule has 4 rings (SSSR count). The molecule has 1 aromatic rings. The zero-order chi connectivity index (χ0) is 23.8. The number of piperidine rings is 1. The average Bonchev–Trinajstić information content (AvgIpc) is 3.00. The number of carbonyl (C=O) groups is 1. The minimum Gasteiger partial charge on any atom is -0.489 e. The quantitative estimate of drug-likeness (QED) is 0.606. The molecule has 2 bridgehead atoms. The Balaban J connectivity index is 1.25. The average molecular weight is 481 g/mol. The second-order valence-electron chi connectivity index (χ2n) is 9.98. The Kier molecular flexibility index (Phi) is 7.19. The molecule has 184 valence electrons. The molecule has 0 unspecified atom stereocenters. The summed E-state index contributed by atoms with van der Waals surface area (Å²) in [7, 11) is -3.33. The highest BCUT2D eigenvalue weighted by molar-refractivity contribution is 7.90. The zero-order valence-corrected chi connectivity index (χ0v) is 20.8. The highest BCUT2D eigenvalue weighted by Gasteiger charge is 2.45. The fourth-order valence-electron chi connectivity index (χ4n) is 5.39. The van der Waals surface area contributed by atoms with Gasteiger partial charge in [0.1, 0.15) is 5.75 Å². The van der Waals surface area contributed by atoms with E-state index in [1.807, 2.05) is 18.7 Å². The van der Waals surface area contributed by atoms with Gasteiger partial charge in [0, 0.05) is 18.3 Å². The number of nitrogens with zero attached hydrogens (tertiary/aromatic N) is 2. The Hall–Kier alpha value is -1.87. The number of rotatable bonds is 6. The summed E-state index contributed by atoms with van der Waals surface area (Å²) >= 11 is 0. The Bertz CT molecular complexity index is 944. The lowest BCUT2D eigenvalue weighted by molar-refractivity contribution is -0.0787. The fourth-order valence-corrected chi connectivity index (χ4v) is 6.01. The molecule has 2 saturated heterocycles. The van der Waals surface area contributed by atoms with Gasteiger partial charge in [-0.1, -0.05) is 0 Å². The van der Waals surface area contributed by atoms with Crippen LogP contribution >= 0.6 is 0 Å². The molecule has 0 aromatic carbocycles. The van der Waals surface area contributed by atoms with Crippen molar-refractivity contribution < 1.29 is 27.4 Å². The van der Waals surface area contributed by atoms with E-state index in [1.165, 1.54) is 6.07 Å². The first-order valence-electron chi connectivity index (χ1n) is 12.1. The number of hydrogen-bond acceptors (Lipinski definition) is 7. The Morgan fingerprint density at radius 3 is 2.15 bits per heavy atom. The van der Waals surface area contributed by atoms with Crippen LogP contribution in [0.3, 0.4) is 0 Å². The maximum absolute atomic E-state index is 12.5. The van der Waals surface area contributed by atoms with E-state index >= 15 is 0 Å². The Labute approximate surface area is 196 Å². The van der Waals surface area contributed by atoms with Crippen LogP contribution < -0.4 is 4.74 Å². The first-order valence-corrected chi connectivity index (χ1v) is 14.0. The molecular weight excluding hydrogens is 444 g/mol. The summed E-state index contributed by atoms with van der Waals surface area (Å²) in [6, 6.07) is 3.66. The number of sulfone groups is 1. The zero-order valence-electron chi connectivity index (χ0n) is 20.0. The van der Waals surface area contributed by atoms with Gasteiger partial charge in [-0.15, -0.1) is 0 Å². The highest BCUT2D eigenvalue weighted by atomic mass is 32.2. The van der Waals surface area contributed by atoms with Crippen LogP contribution in [0.4, 0.5) is 4.79 Å². The lowest BCUT2D eigenvalue weighted by Gasteiger charge is -2.40. The number of pyridine rings is 1. The van der Waals surface area contributed by atoms with Crippen LogP contribution in [0.1, 0.15) is 70.9 Å². The van der Waals surface area contributed by atoms with E-state index in [0.29, 0.717) is 11.4 Å². The second-order valence-corrected chi connectivity index (χ2v) is 11.9. The normalized spacial score (nSPS) is 29.8. The summed E-state index contributed by atoms with van der Waals surface area (Å²) in [5, 5.41) is 0.0712. The van der Waals surface area contributed by atoms with Gasteiger partial charge in [0.25, 0.3) is 0 Å². The first kappa shape index (κ1) is 24.3. The fraction of sp³-hybridized carbons (Fsp3) is 0.750. The molecule has 1 aromatic heterocycles. The van der Waals surface area contributed by atoms with E-state index in [9.17, 15) is 13.2 Å². The predicted octanol–water partition coefficient (Wildman–Crippen LogP) is 4.04. The first-order chi connectivity index (χ1) is 15.6. The van der Waals surface area contributed by atoms with Crippen molar-refractivity contribution in [2.24, 2.45) is 0 Å². The number of hydrogen-bond donors (Lipinski definition) is 0. The molecule has 3 fully saturated rings. The van der Waals surface area contributed by atoms with Crippen LogP contribution in [0.2, 0.25) is 0 Å². The molecule has 2 atom stereocenters. The van der Waals surface area contributed by atoms with Gasteiger partial charge in [0.2, 0.25) is 0 Å². The second kappa shape index (κ2) is 9.78. The van der Waals surface area contributed by atoms with E-state index in [-0.39, 0.29) is 47.6 Å². The van der Waals surface area contributed by atoms with Gasteiger partial charge in [-0.3, -0.25) is 0 Å². The molecule has 33 heavy (non-hydrogen) atoms. The molecular formula is C24H36N2O6S. The minimum atomic E-state index is -3.33. The molecule has 3 aliphatic rings. The predicted molar refractivity (Wildman–Crippen MR) is 123 cm³/mol. The summed E-state index contributed by atoms with van der Waals surface area (Å²) in [5.41, 5.74) is 0.592. The van der Waals surface area contributed by atoms with Crippen LogP contribution in [0.5, 0.6) is 5.75 Å². The number of amides is 1. The molecule has 0 radical (unpaired) electrons. The van der Waals surface area contributed by atoms with Gasteiger partial charge in [0.15, 0.2) is 14.9 Å². The van der Waals surface area contributed by atoms with E-state index in [4.69, 9.17) is 14.2 Å². The number of carbonyl (C=O) groups excluding carboxylic acids is 1. The number of aromatic nitrogens is 1. The third-order valence-corrected chi connectivity index (χ3v) is 7.92. The molecule has 3 heterocycles. The van der Waals surface area contributed by atoms with Gasteiger partial charge >= 0.3 is 6.09 Å². The molecule has 0 spiro atoms. The molecule has 1 saturated carbocycles. The van der Waals surface area contributed by atoms with Gasteiger partial charge < -0.3 is 19.1 Å². The number of ether oxygens (including phenoxy) is 3. The summed E-state index contributed by atoms with van der Waals surface area (Å²) in [4.78, 5) is 18.6. The van der Waals surface area contributed by atoms with Crippen molar-refractivity contribution in [2.45, 2.75) is 114 Å². The molecule has 1 amide bonds. The van der Waals surface area contributed by atoms with E-state index in [0.717, 1.165) is 57.6 Å². The largest absolute Gasteiger partial charge is 0.489 e. The molecule has 0 N–H and O–H groups in total. The standard InChI is InChI=1S/C24H36N2O6S/c1-15(2)30-24(27)26-17-5-6-18(26)14-21(13-17)31-19-7-9-20(10-8-19)32-22-11-12-23(25-16(22)3)33(4,28)29/h11-12,15,17-21H,5-10,13-14H2,1-4H3/t17-,18-,19?,20?/m0/s1. The molecule has 9 heteroatoms. The topological polar surface area (TPSA) is 95.0 Å². The van der Waals surface area contributed by atoms with Gasteiger partial charge in [0.05, 0.1) is 30.1 Å². The van der Waals surface area contributed by atoms with Crippen molar-refractivity contribution >= 4 is 15.9 Å². The molecule has 1 aliphatic carbocycles. The summed E-state index contributed by atoms with van der Waals surface area (Å²) < 4.78 is 41.4. The third-order valence-electron chi connectivity index (χ3n) is 6.93. The van der Waals surface area contributed by atoms with Crippen LogP contribution in [0.25, 0.3) is 0 Å². The van der Waals surface area contributed by atoms with Crippen molar-refractivity contribution in [2.75, 3.05) is 6.26 Å². The lowest BCUT2D eigenvalue weighted by atomic mass is 9.93. The van der Waals surface area contributed by atoms with Gasteiger partial charge in [-0.25, -0.2) is 18.2 Å². The van der Waals surface area contributed by atoms with E-state index < -0.39 is 9.84 Å². The maximum atomic E-state index is 12.5. The van der Waals surface area contributed by atoms with Crippen LogP contribution in [0, 0.1) is 6.92 Å². The molecule has 8 nitrogen and oxygen atoms in total. The van der Waals surface area contributed by atoms with Crippen molar-refractivity contribution in [3.05, 3.63) is 17.8 Å². The minimum absolute atomic E-state index is 0.0712. The van der Waals surface area contributed by atoms with Crippen LogP contribution in [-0.4, -0.2) is 67.2 Å². The van der Waals surface area contributed by atoms with E-state index in [1.54, 1.807) is 13.0 Å². The van der Waals surface area contributed by atoms with Crippen molar-refractivity contribution in [3.8, 4) is 5.75 Å². The molecule has 2 aliphatic heterocycles. The smallest absolute Gasteiger partial charge is 0.410 e. The number of aryl methyl sites for hydroxylation is 1. The van der Waals surface area contributed by atoms with E-state index in [2.05, 4.69) is 4.98 Å². The SMILES string of the molecule is Cc1nc(S(C)(=O)=O)ccc1OC1CCC(OC2C[C@@H]3CC[C@@H](C2)N3C(=O)OC(C)C)CC1. The Morgan fingerprint density at radius 2 is 1.61 bits per heavy atom. The van der Waals surface area contributed by atoms with Gasteiger partial charge in [-0.05, 0) is 84.3 Å². The summed E-state index contributed by atoms with van der Waals surface area (Å²) in [6.45, 7) is 5.55. The summed E-state index contributed by atoms with van der Waals surface area (Å²) in [5.74, 6) is 0.643. The van der Waals surface area contributed by atoms with Crippen molar-refractivity contribution in [1.82, 2.24) is 9.88 Å². The van der Waals surface area contributed by atoms with Crippen molar-refractivity contribution in [1.29, 1.82) is 0 Å². The monoisotopic (exact) mass is 480 g/mol. The maximum Gasteiger partial charge on any atom is 0.410 e.